The van der Waals surface area contributed by atoms with Crippen LogP contribution in [-0.4, -0.2) is 26.5 Å². The summed E-state index contributed by atoms with van der Waals surface area (Å²) in [6.45, 7) is 0. The summed E-state index contributed by atoms with van der Waals surface area (Å²) >= 11 is 0. The monoisotopic (exact) mass is 140 g/mol. The fraction of sp³-hybridized carbons (Fsp3) is 0.500. The molecule has 0 spiro atoms. The van der Waals surface area contributed by atoms with Gasteiger partial charge in [0.2, 0.25) is 0 Å². The van der Waals surface area contributed by atoms with E-state index in [9.17, 15) is 5.11 Å². The minimum Gasteiger partial charge on any atom is -0.390 e. The molecule has 0 radical (unpaired) electrons. The van der Waals surface area contributed by atoms with E-state index in [1.807, 2.05) is 0 Å². The van der Waals surface area contributed by atoms with E-state index < -0.39 is 12.2 Å². The first kappa shape index (κ1) is 5.88. The number of fused-ring (bicyclic) bond motifs is 1. The van der Waals surface area contributed by atoms with Gasteiger partial charge in [-0.2, -0.15) is 5.10 Å². The van der Waals surface area contributed by atoms with Crippen LogP contribution in [0.15, 0.2) is 6.20 Å². The summed E-state index contributed by atoms with van der Waals surface area (Å²) < 4.78 is 0. The Balaban J connectivity index is 2.43. The Bertz CT molecular complexity index is 246. The van der Waals surface area contributed by atoms with Crippen LogP contribution in [0.5, 0.6) is 0 Å². The highest BCUT2D eigenvalue weighted by atomic mass is 16.3. The van der Waals surface area contributed by atoms with Crippen LogP contribution in [-0.2, 0) is 6.42 Å². The lowest BCUT2D eigenvalue weighted by Gasteiger charge is -2.05. The number of nitrogens with zero attached hydrogens (tertiary/aromatic N) is 1. The van der Waals surface area contributed by atoms with Crippen molar-refractivity contribution in [1.29, 1.82) is 0 Å². The molecule has 1 heterocycles. The number of hydrogen-bond donors (Lipinski definition) is 3. The zero-order valence-corrected chi connectivity index (χ0v) is 5.28. The van der Waals surface area contributed by atoms with E-state index >= 15 is 0 Å². The van der Waals surface area contributed by atoms with E-state index in [1.165, 1.54) is 0 Å². The van der Waals surface area contributed by atoms with Gasteiger partial charge in [0.15, 0.2) is 0 Å². The molecule has 4 heteroatoms. The van der Waals surface area contributed by atoms with Crippen LogP contribution in [0.1, 0.15) is 17.4 Å². The van der Waals surface area contributed by atoms with Crippen LogP contribution in [0.2, 0.25) is 0 Å². The predicted molar refractivity (Wildman–Crippen MR) is 33.3 cm³/mol. The van der Waals surface area contributed by atoms with Crippen molar-refractivity contribution in [2.75, 3.05) is 0 Å². The normalized spacial score (nSPS) is 30.6. The second-order valence-corrected chi connectivity index (χ2v) is 2.52. The first-order valence-corrected chi connectivity index (χ1v) is 3.17. The smallest absolute Gasteiger partial charge is 0.109 e. The highest BCUT2D eigenvalue weighted by Gasteiger charge is 2.30. The number of aliphatic hydroxyl groups is 2. The van der Waals surface area contributed by atoms with Crippen molar-refractivity contribution in [2.24, 2.45) is 0 Å². The molecular weight excluding hydrogens is 132 g/mol. The number of hydrogen-bond acceptors (Lipinski definition) is 3. The molecule has 54 valence electrons. The third kappa shape index (κ3) is 0.600. The molecule has 2 unspecified atom stereocenters. The molecule has 0 amide bonds. The molecule has 3 N–H and O–H groups in total. The van der Waals surface area contributed by atoms with Crippen LogP contribution >= 0.6 is 0 Å². The molecule has 0 aliphatic heterocycles. The fourth-order valence-electron chi connectivity index (χ4n) is 1.27. The minimum absolute atomic E-state index is 0.483. The summed E-state index contributed by atoms with van der Waals surface area (Å²) in [6.07, 6.45) is 0.644. The second kappa shape index (κ2) is 1.81. The summed E-state index contributed by atoms with van der Waals surface area (Å²) in [7, 11) is 0. The molecule has 10 heavy (non-hydrogen) atoms. The van der Waals surface area contributed by atoms with Gasteiger partial charge in [-0.1, -0.05) is 0 Å². The summed E-state index contributed by atoms with van der Waals surface area (Å²) in [5.74, 6) is 0. The minimum atomic E-state index is -0.742. The van der Waals surface area contributed by atoms with Gasteiger partial charge in [0.25, 0.3) is 0 Å². The van der Waals surface area contributed by atoms with Gasteiger partial charge in [-0.3, -0.25) is 5.10 Å². The Labute approximate surface area is 57.5 Å². The standard InChI is InChI=1S/C6H8N2O2/c9-5-1-4-3(6(5)10)2-7-8-4/h2,5-6,9-10H,1H2,(H,7,8). The summed E-state index contributed by atoms with van der Waals surface area (Å²) in [5.41, 5.74) is 1.58. The predicted octanol–water partition coefficient (Wildman–Crippen LogP) is -0.640. The number of nitrogens with one attached hydrogen (secondary N) is 1. The summed E-state index contributed by atoms with van der Waals surface area (Å²) in [5, 5.41) is 24.8. The quantitative estimate of drug-likeness (QED) is 0.449. The Kier molecular flexibility index (Phi) is 1.06. The van der Waals surface area contributed by atoms with Gasteiger partial charge in [0.05, 0.1) is 12.3 Å². The van der Waals surface area contributed by atoms with Gasteiger partial charge in [0, 0.05) is 17.7 Å². The molecule has 4 nitrogen and oxygen atoms in total. The molecule has 1 aliphatic carbocycles. The molecule has 1 aromatic rings. The first-order valence-electron chi connectivity index (χ1n) is 3.17. The van der Waals surface area contributed by atoms with Gasteiger partial charge in [-0.15, -0.1) is 0 Å². The topological polar surface area (TPSA) is 69.1 Å². The largest absolute Gasteiger partial charge is 0.390 e. The van der Waals surface area contributed by atoms with Crippen LogP contribution in [0.25, 0.3) is 0 Å². The molecular formula is C6H8N2O2. The highest BCUT2D eigenvalue weighted by Crippen LogP contribution is 2.28. The van der Waals surface area contributed by atoms with E-state index in [0.29, 0.717) is 6.42 Å². The number of aromatic amines is 1. The molecule has 1 aromatic heterocycles. The van der Waals surface area contributed by atoms with Crippen molar-refractivity contribution in [3.8, 4) is 0 Å². The van der Waals surface area contributed by atoms with E-state index in [0.717, 1.165) is 11.3 Å². The molecule has 0 aromatic carbocycles. The van der Waals surface area contributed by atoms with Gasteiger partial charge < -0.3 is 10.2 Å². The van der Waals surface area contributed by atoms with Crippen LogP contribution in [0.3, 0.4) is 0 Å². The zero-order valence-electron chi connectivity index (χ0n) is 5.28. The lowest BCUT2D eigenvalue weighted by molar-refractivity contribution is 0.0321. The van der Waals surface area contributed by atoms with Crippen molar-refractivity contribution in [3.05, 3.63) is 17.5 Å². The van der Waals surface area contributed by atoms with Gasteiger partial charge >= 0.3 is 0 Å². The Morgan fingerprint density at radius 1 is 1.60 bits per heavy atom. The Hall–Kier alpha value is -0.870. The average Bonchev–Trinajstić information content (AvgIpc) is 2.41. The lowest BCUT2D eigenvalue weighted by atomic mass is 10.2. The van der Waals surface area contributed by atoms with Crippen molar-refractivity contribution < 1.29 is 10.2 Å². The highest BCUT2D eigenvalue weighted by molar-refractivity contribution is 5.26. The average molecular weight is 140 g/mol. The van der Waals surface area contributed by atoms with E-state index in [-0.39, 0.29) is 0 Å². The van der Waals surface area contributed by atoms with Crippen molar-refractivity contribution in [1.82, 2.24) is 10.2 Å². The van der Waals surface area contributed by atoms with Gasteiger partial charge in [0.1, 0.15) is 6.10 Å². The molecule has 0 saturated carbocycles. The maximum Gasteiger partial charge on any atom is 0.109 e. The molecule has 0 bridgehead atoms. The molecule has 1 aliphatic rings. The van der Waals surface area contributed by atoms with Gasteiger partial charge in [-0.25, -0.2) is 0 Å². The molecule has 0 fully saturated rings. The molecule has 0 saturated heterocycles. The van der Waals surface area contributed by atoms with Gasteiger partial charge in [-0.05, 0) is 0 Å². The third-order valence-corrected chi connectivity index (χ3v) is 1.85. The maximum atomic E-state index is 9.23. The van der Waals surface area contributed by atoms with Crippen molar-refractivity contribution in [2.45, 2.75) is 18.6 Å². The first-order chi connectivity index (χ1) is 4.79. The molecule has 2 atom stereocenters. The lowest BCUT2D eigenvalue weighted by Crippen LogP contribution is -2.12. The molecule has 2 rings (SSSR count). The second-order valence-electron chi connectivity index (χ2n) is 2.52. The van der Waals surface area contributed by atoms with E-state index in [4.69, 9.17) is 5.11 Å². The zero-order chi connectivity index (χ0) is 7.14. The number of rotatable bonds is 0. The van der Waals surface area contributed by atoms with Crippen LogP contribution in [0, 0.1) is 0 Å². The van der Waals surface area contributed by atoms with Crippen molar-refractivity contribution in [3.63, 3.8) is 0 Å². The summed E-state index contributed by atoms with van der Waals surface area (Å²) in [4.78, 5) is 0. The van der Waals surface area contributed by atoms with Crippen LogP contribution < -0.4 is 0 Å². The van der Waals surface area contributed by atoms with Crippen LogP contribution in [0.4, 0.5) is 0 Å². The summed E-state index contributed by atoms with van der Waals surface area (Å²) in [6, 6.07) is 0. The number of aromatic nitrogens is 2. The Morgan fingerprint density at radius 2 is 2.40 bits per heavy atom. The van der Waals surface area contributed by atoms with E-state index in [1.54, 1.807) is 6.20 Å². The maximum absolute atomic E-state index is 9.23. The number of aliphatic hydroxyl groups excluding tert-OH is 2. The fourth-order valence-corrected chi connectivity index (χ4v) is 1.27. The number of H-pyrrole nitrogens is 1. The van der Waals surface area contributed by atoms with E-state index in [2.05, 4.69) is 10.2 Å². The SMILES string of the molecule is OC1Cc2[nH]ncc2C1O. The third-order valence-electron chi connectivity index (χ3n) is 1.85. The Morgan fingerprint density at radius 3 is 3.10 bits per heavy atom. The van der Waals surface area contributed by atoms with Crippen molar-refractivity contribution >= 4 is 0 Å².